The minimum absolute atomic E-state index is 0.184. The molecule has 0 bridgehead atoms. The summed E-state index contributed by atoms with van der Waals surface area (Å²) < 4.78 is 10.2. The van der Waals surface area contributed by atoms with Crippen LogP contribution in [0.5, 0.6) is 5.75 Å². The van der Waals surface area contributed by atoms with Gasteiger partial charge in [-0.2, -0.15) is 0 Å². The van der Waals surface area contributed by atoms with E-state index in [1.807, 2.05) is 31.2 Å². The molecule has 0 spiro atoms. The van der Waals surface area contributed by atoms with Gasteiger partial charge in [0.15, 0.2) is 0 Å². The molecule has 0 aliphatic carbocycles. The average Bonchev–Trinajstić information content (AvgIpc) is 2.73. The highest BCUT2D eigenvalue weighted by Gasteiger charge is 2.26. The maximum Gasteiger partial charge on any atom is 0.409 e. The van der Waals surface area contributed by atoms with E-state index in [0.717, 1.165) is 11.4 Å². The lowest BCUT2D eigenvalue weighted by Gasteiger charge is -2.33. The number of rotatable bonds is 5. The molecule has 0 saturated carbocycles. The molecule has 1 aliphatic rings. The van der Waals surface area contributed by atoms with Crippen molar-refractivity contribution in [2.45, 2.75) is 13.8 Å². The van der Waals surface area contributed by atoms with Crippen molar-refractivity contribution >= 4 is 23.6 Å². The number of amides is 2. The summed E-state index contributed by atoms with van der Waals surface area (Å²) in [6.45, 7) is 5.66. The van der Waals surface area contributed by atoms with Crippen molar-refractivity contribution in [2.24, 2.45) is 0 Å². The molecular weight excluding hydrogens is 374 g/mol. The van der Waals surface area contributed by atoms with E-state index in [4.69, 9.17) is 9.47 Å². The number of hydrogen-bond acceptors (Lipinski definition) is 7. The number of benzene rings is 1. The van der Waals surface area contributed by atoms with E-state index in [2.05, 4.69) is 15.3 Å². The van der Waals surface area contributed by atoms with Gasteiger partial charge in [0.2, 0.25) is 5.95 Å². The largest absolute Gasteiger partial charge is 0.497 e. The molecule has 3 rings (SSSR count). The number of methoxy groups -OCH3 is 1. The number of carbonyl (C=O) groups is 2. The third kappa shape index (κ3) is 5.13. The molecule has 1 fully saturated rings. The lowest BCUT2D eigenvalue weighted by molar-refractivity contribution is 0.0566. The Balaban J connectivity index is 1.67. The maximum atomic E-state index is 12.9. The van der Waals surface area contributed by atoms with Crippen LogP contribution in [0.1, 0.15) is 23.1 Å². The minimum atomic E-state index is -0.344. The molecular formula is C20H25N5O4. The average molecular weight is 399 g/mol. The van der Waals surface area contributed by atoms with Gasteiger partial charge in [0, 0.05) is 37.6 Å². The van der Waals surface area contributed by atoms with Crippen molar-refractivity contribution in [2.75, 3.05) is 45.2 Å². The number of aryl methyl sites for hydroxylation is 1. The smallest absolute Gasteiger partial charge is 0.409 e. The van der Waals surface area contributed by atoms with Gasteiger partial charge in [-0.25, -0.2) is 14.8 Å². The van der Waals surface area contributed by atoms with Crippen LogP contribution < -0.4 is 10.1 Å². The lowest BCUT2D eigenvalue weighted by atomic mass is 10.2. The highest BCUT2D eigenvalue weighted by molar-refractivity contribution is 5.93. The quantitative estimate of drug-likeness (QED) is 0.825. The number of piperazine rings is 1. The second-order valence-electron chi connectivity index (χ2n) is 6.55. The number of ether oxygens (including phenoxy) is 2. The predicted molar refractivity (Wildman–Crippen MR) is 108 cm³/mol. The van der Waals surface area contributed by atoms with Crippen LogP contribution in [0.2, 0.25) is 0 Å². The Morgan fingerprint density at radius 1 is 1.07 bits per heavy atom. The van der Waals surface area contributed by atoms with Gasteiger partial charge in [0.1, 0.15) is 11.4 Å². The van der Waals surface area contributed by atoms with Gasteiger partial charge in [-0.15, -0.1) is 0 Å². The summed E-state index contributed by atoms with van der Waals surface area (Å²) in [5.74, 6) is 0.916. The van der Waals surface area contributed by atoms with E-state index >= 15 is 0 Å². The van der Waals surface area contributed by atoms with Crippen LogP contribution in [0.3, 0.4) is 0 Å². The Labute approximate surface area is 169 Å². The van der Waals surface area contributed by atoms with Crippen molar-refractivity contribution in [1.82, 2.24) is 19.8 Å². The first kappa shape index (κ1) is 20.4. The second kappa shape index (κ2) is 9.22. The number of aromatic nitrogens is 2. The Kier molecular flexibility index (Phi) is 6.48. The summed E-state index contributed by atoms with van der Waals surface area (Å²) in [5.41, 5.74) is 1.79. The summed E-state index contributed by atoms with van der Waals surface area (Å²) in [7, 11) is 1.61. The number of nitrogens with one attached hydrogen (secondary N) is 1. The van der Waals surface area contributed by atoms with E-state index in [-0.39, 0.29) is 12.0 Å². The van der Waals surface area contributed by atoms with Crippen LogP contribution in [-0.4, -0.2) is 71.7 Å². The first-order valence-electron chi connectivity index (χ1n) is 9.48. The van der Waals surface area contributed by atoms with Crippen molar-refractivity contribution in [1.29, 1.82) is 0 Å². The normalized spacial score (nSPS) is 13.8. The fourth-order valence-corrected chi connectivity index (χ4v) is 3.01. The third-order valence-electron chi connectivity index (χ3n) is 4.51. The third-order valence-corrected chi connectivity index (χ3v) is 4.51. The molecule has 1 aliphatic heterocycles. The molecule has 1 N–H and O–H groups in total. The Hall–Kier alpha value is -3.36. The van der Waals surface area contributed by atoms with Gasteiger partial charge in [-0.05, 0) is 44.2 Å². The van der Waals surface area contributed by atoms with Crippen molar-refractivity contribution < 1.29 is 19.1 Å². The fraction of sp³-hybridized carbons (Fsp3) is 0.400. The topological polar surface area (TPSA) is 96.9 Å². The molecule has 2 aromatic rings. The Morgan fingerprint density at radius 2 is 1.72 bits per heavy atom. The molecule has 2 amide bonds. The van der Waals surface area contributed by atoms with Crippen LogP contribution in [0.4, 0.5) is 16.4 Å². The van der Waals surface area contributed by atoms with E-state index in [0.29, 0.717) is 50.1 Å². The Morgan fingerprint density at radius 3 is 2.34 bits per heavy atom. The standard InChI is InChI=1S/C20H25N5O4/c1-4-29-20(27)25-11-9-24(10-12-25)18(26)17-13-14(2)21-19(23-17)22-15-5-7-16(28-3)8-6-15/h5-8,13H,4,9-12H2,1-3H3,(H,21,22,23). The summed E-state index contributed by atoms with van der Waals surface area (Å²) in [5, 5.41) is 3.11. The minimum Gasteiger partial charge on any atom is -0.497 e. The van der Waals surface area contributed by atoms with Crippen LogP contribution in [0, 0.1) is 6.92 Å². The monoisotopic (exact) mass is 399 g/mol. The predicted octanol–water partition coefficient (Wildman–Crippen LogP) is 2.45. The summed E-state index contributed by atoms with van der Waals surface area (Å²) in [6, 6.07) is 9.01. The van der Waals surface area contributed by atoms with Crippen molar-refractivity contribution in [3.05, 3.63) is 41.7 Å². The van der Waals surface area contributed by atoms with Gasteiger partial charge in [0.25, 0.3) is 5.91 Å². The maximum absolute atomic E-state index is 12.9. The number of carbonyl (C=O) groups excluding carboxylic acids is 2. The SMILES string of the molecule is CCOC(=O)N1CCN(C(=O)c2cc(C)nc(Nc3ccc(OC)cc3)n2)CC1. The van der Waals surface area contributed by atoms with E-state index < -0.39 is 0 Å². The summed E-state index contributed by atoms with van der Waals surface area (Å²) >= 11 is 0. The lowest BCUT2D eigenvalue weighted by Crippen LogP contribution is -2.50. The highest BCUT2D eigenvalue weighted by Crippen LogP contribution is 2.19. The van der Waals surface area contributed by atoms with Gasteiger partial charge in [-0.1, -0.05) is 0 Å². The van der Waals surface area contributed by atoms with Crippen LogP contribution in [-0.2, 0) is 4.74 Å². The highest BCUT2D eigenvalue weighted by atomic mass is 16.6. The molecule has 9 heteroatoms. The molecule has 9 nitrogen and oxygen atoms in total. The van der Waals surface area contributed by atoms with Crippen LogP contribution in [0.25, 0.3) is 0 Å². The zero-order valence-corrected chi connectivity index (χ0v) is 16.8. The zero-order chi connectivity index (χ0) is 20.8. The molecule has 154 valence electrons. The summed E-state index contributed by atoms with van der Waals surface area (Å²) in [4.78, 5) is 36.7. The molecule has 29 heavy (non-hydrogen) atoms. The van der Waals surface area contributed by atoms with Gasteiger partial charge in [-0.3, -0.25) is 4.79 Å². The van der Waals surface area contributed by atoms with Gasteiger partial charge < -0.3 is 24.6 Å². The molecule has 1 aromatic carbocycles. The molecule has 0 radical (unpaired) electrons. The van der Waals surface area contributed by atoms with Gasteiger partial charge >= 0.3 is 6.09 Å². The number of anilines is 2. The second-order valence-corrected chi connectivity index (χ2v) is 6.55. The van der Waals surface area contributed by atoms with Crippen molar-refractivity contribution in [3.63, 3.8) is 0 Å². The molecule has 0 atom stereocenters. The fourth-order valence-electron chi connectivity index (χ4n) is 3.01. The summed E-state index contributed by atoms with van der Waals surface area (Å²) in [6.07, 6.45) is -0.344. The first-order chi connectivity index (χ1) is 14.0. The number of hydrogen-bond donors (Lipinski definition) is 1. The van der Waals surface area contributed by atoms with E-state index in [1.165, 1.54) is 0 Å². The zero-order valence-electron chi connectivity index (χ0n) is 16.8. The van der Waals surface area contributed by atoms with Crippen molar-refractivity contribution in [3.8, 4) is 5.75 Å². The molecule has 0 unspecified atom stereocenters. The Bertz CT molecular complexity index is 864. The molecule has 1 aromatic heterocycles. The number of nitrogens with zero attached hydrogens (tertiary/aromatic N) is 4. The van der Waals surface area contributed by atoms with Gasteiger partial charge in [0.05, 0.1) is 13.7 Å². The van der Waals surface area contributed by atoms with E-state index in [9.17, 15) is 9.59 Å². The van der Waals surface area contributed by atoms with E-state index in [1.54, 1.807) is 29.9 Å². The first-order valence-corrected chi connectivity index (χ1v) is 9.48. The van der Waals surface area contributed by atoms with Crippen LogP contribution >= 0.6 is 0 Å². The van der Waals surface area contributed by atoms with Crippen LogP contribution in [0.15, 0.2) is 30.3 Å². The molecule has 2 heterocycles. The molecule has 1 saturated heterocycles.